The van der Waals surface area contributed by atoms with Crippen LogP contribution in [-0.4, -0.2) is 38.7 Å². The number of esters is 1. The highest BCUT2D eigenvalue weighted by Gasteiger charge is 2.61. The Morgan fingerprint density at radius 3 is 2.90 bits per heavy atom. The van der Waals surface area contributed by atoms with E-state index in [1.54, 1.807) is 7.11 Å². The molecule has 2 aliphatic carbocycles. The highest BCUT2D eigenvalue weighted by Crippen LogP contribution is 2.54. The third-order valence-corrected chi connectivity index (χ3v) is 4.72. The van der Waals surface area contributed by atoms with E-state index < -0.39 is 11.5 Å². The molecule has 108 valence electrons. The topological polar surface area (TPSA) is 61.8 Å². The Labute approximate surface area is 117 Å². The van der Waals surface area contributed by atoms with Gasteiger partial charge in [-0.05, 0) is 12.3 Å². The first-order valence-corrected chi connectivity index (χ1v) is 6.78. The molecule has 0 N–H and O–H groups in total. The van der Waals surface area contributed by atoms with E-state index in [0.717, 1.165) is 0 Å². The fourth-order valence-electron chi connectivity index (χ4n) is 3.86. The summed E-state index contributed by atoms with van der Waals surface area (Å²) >= 11 is 0. The quantitative estimate of drug-likeness (QED) is 0.574. The minimum absolute atomic E-state index is 0.0300. The molecule has 0 bridgehead atoms. The summed E-state index contributed by atoms with van der Waals surface area (Å²) in [5, 5.41) is 0. The molecule has 0 saturated carbocycles. The second kappa shape index (κ2) is 4.74. The van der Waals surface area contributed by atoms with Crippen LogP contribution in [0.3, 0.4) is 0 Å². The van der Waals surface area contributed by atoms with Gasteiger partial charge in [-0.15, -0.1) is 0 Å². The van der Waals surface area contributed by atoms with Crippen LogP contribution in [0.2, 0.25) is 0 Å². The maximum absolute atomic E-state index is 12.4. The largest absolute Gasteiger partial charge is 0.497 e. The first-order valence-electron chi connectivity index (χ1n) is 6.78. The Kier molecular flexibility index (Phi) is 3.17. The van der Waals surface area contributed by atoms with Crippen molar-refractivity contribution in [2.24, 2.45) is 17.3 Å². The van der Waals surface area contributed by atoms with Crippen molar-refractivity contribution >= 4 is 11.8 Å². The molecule has 4 atom stereocenters. The van der Waals surface area contributed by atoms with E-state index >= 15 is 0 Å². The lowest BCUT2D eigenvalue weighted by molar-refractivity contribution is -0.192. The van der Waals surface area contributed by atoms with Crippen molar-refractivity contribution in [2.45, 2.75) is 18.9 Å². The van der Waals surface area contributed by atoms with Gasteiger partial charge in [0.25, 0.3) is 0 Å². The molecule has 3 aliphatic rings. The number of ketones is 1. The Balaban J connectivity index is 2.15. The highest BCUT2D eigenvalue weighted by atomic mass is 16.6. The maximum atomic E-state index is 12.4. The Morgan fingerprint density at radius 1 is 1.40 bits per heavy atom. The fourth-order valence-corrected chi connectivity index (χ4v) is 3.86. The average molecular weight is 278 g/mol. The zero-order valence-corrected chi connectivity index (χ0v) is 11.6. The molecular weight excluding hydrogens is 260 g/mol. The van der Waals surface area contributed by atoms with E-state index in [1.165, 1.54) is 13.2 Å². The van der Waals surface area contributed by atoms with Gasteiger partial charge in [0.05, 0.1) is 25.6 Å². The van der Waals surface area contributed by atoms with E-state index in [-0.39, 0.29) is 30.0 Å². The van der Waals surface area contributed by atoms with E-state index in [1.807, 2.05) is 12.2 Å². The van der Waals surface area contributed by atoms with Gasteiger partial charge in [0, 0.05) is 19.1 Å². The number of rotatable bonds is 3. The Bertz CT molecular complexity index is 506. The van der Waals surface area contributed by atoms with Crippen LogP contribution in [0.25, 0.3) is 0 Å². The second-order valence-electron chi connectivity index (χ2n) is 5.60. The normalized spacial score (nSPS) is 38.9. The van der Waals surface area contributed by atoms with Gasteiger partial charge in [0.2, 0.25) is 0 Å². The smallest absolute Gasteiger partial charge is 0.307 e. The summed E-state index contributed by atoms with van der Waals surface area (Å²) in [6, 6.07) is 0. The summed E-state index contributed by atoms with van der Waals surface area (Å²) in [6.45, 7) is 0.372. The molecule has 1 heterocycles. The predicted molar refractivity (Wildman–Crippen MR) is 69.6 cm³/mol. The number of hydrogen-bond donors (Lipinski definition) is 0. The van der Waals surface area contributed by atoms with Gasteiger partial charge in [-0.3, -0.25) is 9.59 Å². The van der Waals surface area contributed by atoms with Crippen molar-refractivity contribution in [3.05, 3.63) is 24.0 Å². The Morgan fingerprint density at radius 2 is 2.20 bits per heavy atom. The van der Waals surface area contributed by atoms with Gasteiger partial charge < -0.3 is 14.2 Å². The molecule has 0 aromatic carbocycles. The van der Waals surface area contributed by atoms with Crippen molar-refractivity contribution in [3.63, 3.8) is 0 Å². The van der Waals surface area contributed by atoms with E-state index in [9.17, 15) is 9.59 Å². The predicted octanol–water partition coefficient (Wildman–Crippen LogP) is 1.24. The van der Waals surface area contributed by atoms with Crippen molar-refractivity contribution in [3.8, 4) is 0 Å². The van der Waals surface area contributed by atoms with Gasteiger partial charge in [-0.25, -0.2) is 0 Å². The first-order chi connectivity index (χ1) is 9.63. The molecule has 0 amide bonds. The molecule has 1 saturated heterocycles. The van der Waals surface area contributed by atoms with Crippen LogP contribution in [0.15, 0.2) is 24.0 Å². The van der Waals surface area contributed by atoms with Crippen LogP contribution < -0.4 is 0 Å². The molecule has 3 rings (SSSR count). The van der Waals surface area contributed by atoms with Crippen molar-refractivity contribution < 1.29 is 23.8 Å². The molecule has 1 aliphatic heterocycles. The van der Waals surface area contributed by atoms with Crippen molar-refractivity contribution in [1.82, 2.24) is 0 Å². The van der Waals surface area contributed by atoms with Gasteiger partial charge in [0.1, 0.15) is 5.76 Å². The average Bonchev–Trinajstić information content (AvgIpc) is 2.43. The summed E-state index contributed by atoms with van der Waals surface area (Å²) in [6.07, 6.45) is 5.89. The van der Waals surface area contributed by atoms with Gasteiger partial charge in [-0.2, -0.15) is 0 Å². The lowest BCUT2D eigenvalue weighted by atomic mass is 9.54. The Hall–Kier alpha value is -1.62. The highest BCUT2D eigenvalue weighted by molar-refractivity contribution is 5.95. The molecule has 0 spiro atoms. The lowest BCUT2D eigenvalue weighted by Crippen LogP contribution is -2.61. The third-order valence-electron chi connectivity index (χ3n) is 4.72. The zero-order valence-electron chi connectivity index (χ0n) is 11.6. The van der Waals surface area contributed by atoms with Crippen molar-refractivity contribution in [1.29, 1.82) is 0 Å². The van der Waals surface area contributed by atoms with Gasteiger partial charge in [0.15, 0.2) is 11.9 Å². The van der Waals surface area contributed by atoms with E-state index in [0.29, 0.717) is 18.8 Å². The molecular formula is C15H18O5. The first kappa shape index (κ1) is 13.4. The summed E-state index contributed by atoms with van der Waals surface area (Å²) < 4.78 is 16.2. The second-order valence-corrected chi connectivity index (χ2v) is 5.60. The van der Waals surface area contributed by atoms with Gasteiger partial charge >= 0.3 is 5.97 Å². The number of carbonyl (C=O) groups is 2. The molecule has 20 heavy (non-hydrogen) atoms. The summed E-state index contributed by atoms with van der Waals surface area (Å²) in [5.41, 5.74) is -0.533. The number of hydrogen-bond acceptors (Lipinski definition) is 5. The van der Waals surface area contributed by atoms with Crippen LogP contribution in [0, 0.1) is 17.3 Å². The number of ether oxygens (including phenoxy) is 3. The SMILES string of the molecule is COCC12C3C=CCC1C(=O)C=C(OC)C2OC(=O)C3. The minimum Gasteiger partial charge on any atom is -0.497 e. The van der Waals surface area contributed by atoms with E-state index in [4.69, 9.17) is 14.2 Å². The van der Waals surface area contributed by atoms with Crippen LogP contribution >= 0.6 is 0 Å². The molecule has 5 nitrogen and oxygen atoms in total. The minimum atomic E-state index is -0.536. The third kappa shape index (κ3) is 1.66. The van der Waals surface area contributed by atoms with Crippen LogP contribution in [0.1, 0.15) is 12.8 Å². The fraction of sp³-hybridized carbons (Fsp3) is 0.600. The molecule has 4 unspecified atom stereocenters. The molecule has 1 fully saturated rings. The monoisotopic (exact) mass is 278 g/mol. The van der Waals surface area contributed by atoms with Crippen molar-refractivity contribution in [2.75, 3.05) is 20.8 Å². The standard InChI is InChI=1S/C15H18O5/c1-18-8-15-9-4-3-5-10(15)11(16)7-12(19-2)14(15)20-13(17)6-9/h3-4,7,9-10,14H,5-6,8H2,1-2H3. The van der Waals surface area contributed by atoms with Crippen LogP contribution in [0.4, 0.5) is 0 Å². The van der Waals surface area contributed by atoms with Crippen LogP contribution in [-0.2, 0) is 23.8 Å². The van der Waals surface area contributed by atoms with Crippen LogP contribution in [0.5, 0.6) is 0 Å². The number of carbonyl (C=O) groups excluding carboxylic acids is 2. The maximum Gasteiger partial charge on any atom is 0.307 e. The number of methoxy groups -OCH3 is 2. The van der Waals surface area contributed by atoms with Gasteiger partial charge in [-0.1, -0.05) is 12.2 Å². The number of allylic oxidation sites excluding steroid dienone is 3. The molecule has 0 aromatic rings. The summed E-state index contributed by atoms with van der Waals surface area (Å²) in [4.78, 5) is 24.2. The molecule has 0 aromatic heterocycles. The molecule has 0 radical (unpaired) electrons. The summed E-state index contributed by atoms with van der Waals surface area (Å²) in [5.74, 6) is -0.0573. The lowest BCUT2D eigenvalue weighted by Gasteiger charge is -2.54. The van der Waals surface area contributed by atoms with E-state index in [2.05, 4.69) is 0 Å². The summed E-state index contributed by atoms with van der Waals surface area (Å²) in [7, 11) is 3.10. The molecule has 5 heteroatoms. The zero-order chi connectivity index (χ0) is 14.3.